The smallest absolute Gasteiger partial charge is 0.249 e. The summed E-state index contributed by atoms with van der Waals surface area (Å²) in [6.07, 6.45) is 0. The largest absolute Gasteiger partial charge is 0.497 e. The molecule has 2 atom stereocenters. The molecule has 3 rings (SSSR count). The molecule has 138 valence electrons. The van der Waals surface area contributed by atoms with Crippen LogP contribution in [0.4, 0.5) is 0 Å². The maximum absolute atomic E-state index is 12.4. The number of benzene rings is 2. The van der Waals surface area contributed by atoms with Crippen LogP contribution in [-0.4, -0.2) is 43.7 Å². The highest BCUT2D eigenvalue weighted by Crippen LogP contribution is 2.19. The maximum Gasteiger partial charge on any atom is 0.249 e. The quantitative estimate of drug-likeness (QED) is 0.831. The first kappa shape index (κ1) is 18.4. The van der Waals surface area contributed by atoms with E-state index in [-0.39, 0.29) is 24.6 Å². The van der Waals surface area contributed by atoms with Crippen LogP contribution in [0.25, 0.3) is 0 Å². The molecule has 0 aromatic heterocycles. The lowest BCUT2D eigenvalue weighted by molar-refractivity contribution is -0.148. The van der Waals surface area contributed by atoms with E-state index in [4.69, 9.17) is 9.47 Å². The van der Waals surface area contributed by atoms with Crippen molar-refractivity contribution in [1.82, 2.24) is 10.2 Å². The Morgan fingerprint density at radius 2 is 2.04 bits per heavy atom. The fourth-order valence-electron chi connectivity index (χ4n) is 3.17. The van der Waals surface area contributed by atoms with Crippen molar-refractivity contribution in [2.45, 2.75) is 25.6 Å². The lowest BCUT2D eigenvalue weighted by atomic mass is 10.1. The summed E-state index contributed by atoms with van der Waals surface area (Å²) >= 11 is 0. The summed E-state index contributed by atoms with van der Waals surface area (Å²) in [7, 11) is 1.67. The number of hydrogen-bond acceptors (Lipinski definition) is 4. The van der Waals surface area contributed by atoms with Gasteiger partial charge in [0.15, 0.2) is 0 Å². The van der Waals surface area contributed by atoms with Gasteiger partial charge in [0.2, 0.25) is 5.91 Å². The predicted octanol–water partition coefficient (Wildman–Crippen LogP) is 2.77. The molecule has 1 fully saturated rings. The van der Waals surface area contributed by atoms with E-state index in [2.05, 4.69) is 18.3 Å². The molecule has 1 heterocycles. The highest BCUT2D eigenvalue weighted by molar-refractivity contribution is 5.78. The van der Waals surface area contributed by atoms with E-state index in [9.17, 15) is 4.79 Å². The van der Waals surface area contributed by atoms with Crippen LogP contribution in [0.1, 0.15) is 24.1 Å². The average Bonchev–Trinajstić information content (AvgIpc) is 2.69. The number of methoxy groups -OCH3 is 1. The molecule has 0 radical (unpaired) electrons. The Kier molecular flexibility index (Phi) is 6.26. The third-order valence-electron chi connectivity index (χ3n) is 4.75. The van der Waals surface area contributed by atoms with E-state index in [1.165, 1.54) is 0 Å². The lowest BCUT2D eigenvalue weighted by Gasteiger charge is -2.36. The van der Waals surface area contributed by atoms with E-state index in [1.54, 1.807) is 7.11 Å². The number of amides is 1. The van der Waals surface area contributed by atoms with Crippen molar-refractivity contribution >= 4 is 5.91 Å². The second kappa shape index (κ2) is 8.83. The number of carbonyl (C=O) groups is 1. The van der Waals surface area contributed by atoms with E-state index in [0.717, 1.165) is 16.9 Å². The summed E-state index contributed by atoms with van der Waals surface area (Å²) in [5.74, 6) is 0.888. The first-order valence-electron chi connectivity index (χ1n) is 8.96. The number of nitrogens with zero attached hydrogens (tertiary/aromatic N) is 1. The van der Waals surface area contributed by atoms with Crippen molar-refractivity contribution in [1.29, 1.82) is 0 Å². The highest BCUT2D eigenvalue weighted by Gasteiger charge is 2.28. The monoisotopic (exact) mass is 354 g/mol. The third kappa shape index (κ3) is 4.62. The van der Waals surface area contributed by atoms with Crippen LogP contribution in [-0.2, 0) is 16.1 Å². The van der Waals surface area contributed by atoms with Gasteiger partial charge in [0.05, 0.1) is 19.8 Å². The van der Waals surface area contributed by atoms with E-state index >= 15 is 0 Å². The van der Waals surface area contributed by atoms with E-state index < -0.39 is 0 Å². The second-order valence-corrected chi connectivity index (χ2v) is 6.58. The predicted molar refractivity (Wildman–Crippen MR) is 101 cm³/mol. The number of morpholine rings is 1. The zero-order chi connectivity index (χ0) is 18.4. The van der Waals surface area contributed by atoms with E-state index in [1.807, 2.05) is 53.4 Å². The van der Waals surface area contributed by atoms with Crippen molar-refractivity contribution in [3.63, 3.8) is 0 Å². The molecule has 2 aromatic rings. The molecule has 1 N–H and O–H groups in total. The summed E-state index contributed by atoms with van der Waals surface area (Å²) in [6.45, 7) is 4.12. The van der Waals surface area contributed by atoms with Crippen molar-refractivity contribution in [2.24, 2.45) is 0 Å². The van der Waals surface area contributed by atoms with Crippen LogP contribution in [0.3, 0.4) is 0 Å². The summed E-state index contributed by atoms with van der Waals surface area (Å²) in [6, 6.07) is 18.3. The van der Waals surface area contributed by atoms with Crippen molar-refractivity contribution in [3.05, 3.63) is 65.7 Å². The molecule has 0 bridgehead atoms. The number of hydrogen-bond donors (Lipinski definition) is 1. The van der Waals surface area contributed by atoms with Gasteiger partial charge in [0.1, 0.15) is 12.4 Å². The fraction of sp³-hybridized carbons (Fsp3) is 0.381. The molecule has 5 nitrogen and oxygen atoms in total. The number of carbonyl (C=O) groups excluding carboxylic acids is 1. The van der Waals surface area contributed by atoms with Gasteiger partial charge in [-0.05, 0) is 30.2 Å². The topological polar surface area (TPSA) is 50.8 Å². The molecule has 2 aromatic carbocycles. The molecule has 5 heteroatoms. The molecule has 26 heavy (non-hydrogen) atoms. The zero-order valence-corrected chi connectivity index (χ0v) is 15.4. The summed E-state index contributed by atoms with van der Waals surface area (Å²) in [5.41, 5.74) is 2.29. The van der Waals surface area contributed by atoms with Crippen molar-refractivity contribution in [3.8, 4) is 5.75 Å². The van der Waals surface area contributed by atoms with Crippen LogP contribution in [0.2, 0.25) is 0 Å². The molecular formula is C21H26N2O3. The van der Waals surface area contributed by atoms with Gasteiger partial charge >= 0.3 is 0 Å². The molecule has 2 unspecified atom stereocenters. The summed E-state index contributed by atoms with van der Waals surface area (Å²) in [5, 5.41) is 3.53. The van der Waals surface area contributed by atoms with Gasteiger partial charge in [-0.3, -0.25) is 4.79 Å². The maximum atomic E-state index is 12.4. The van der Waals surface area contributed by atoms with Gasteiger partial charge < -0.3 is 19.7 Å². The Balaban J connectivity index is 1.63. The second-order valence-electron chi connectivity index (χ2n) is 6.58. The molecule has 0 saturated carbocycles. The molecule has 1 aliphatic rings. The minimum atomic E-state index is 0.0181. The van der Waals surface area contributed by atoms with Gasteiger partial charge in [0.25, 0.3) is 0 Å². The van der Waals surface area contributed by atoms with Gasteiger partial charge in [-0.2, -0.15) is 0 Å². The lowest BCUT2D eigenvalue weighted by Crippen LogP contribution is -2.53. The minimum Gasteiger partial charge on any atom is -0.497 e. The molecule has 0 aliphatic carbocycles. The zero-order valence-electron chi connectivity index (χ0n) is 15.4. The Morgan fingerprint density at radius 1 is 1.23 bits per heavy atom. The fourth-order valence-corrected chi connectivity index (χ4v) is 3.17. The average molecular weight is 354 g/mol. The Hall–Kier alpha value is -2.37. The van der Waals surface area contributed by atoms with Gasteiger partial charge in [-0.1, -0.05) is 42.5 Å². The van der Waals surface area contributed by atoms with Crippen LogP contribution >= 0.6 is 0 Å². The first-order chi connectivity index (χ1) is 12.7. The number of rotatable bonds is 7. The normalized spacial score (nSPS) is 18.6. The molecule has 1 saturated heterocycles. The SMILES string of the molecule is COc1cccc(C(C)NCC2COCC(=O)N2Cc2ccccc2)c1. The number of ether oxygens (including phenoxy) is 2. The minimum absolute atomic E-state index is 0.0181. The van der Waals surface area contributed by atoms with Crippen LogP contribution in [0.15, 0.2) is 54.6 Å². The highest BCUT2D eigenvalue weighted by atomic mass is 16.5. The molecule has 1 amide bonds. The third-order valence-corrected chi connectivity index (χ3v) is 4.75. The van der Waals surface area contributed by atoms with E-state index in [0.29, 0.717) is 19.7 Å². The van der Waals surface area contributed by atoms with Gasteiger partial charge in [-0.15, -0.1) is 0 Å². The molecular weight excluding hydrogens is 328 g/mol. The van der Waals surface area contributed by atoms with Crippen molar-refractivity contribution in [2.75, 3.05) is 26.9 Å². The summed E-state index contributed by atoms with van der Waals surface area (Å²) < 4.78 is 10.8. The summed E-state index contributed by atoms with van der Waals surface area (Å²) in [4.78, 5) is 14.3. The van der Waals surface area contributed by atoms with Crippen LogP contribution < -0.4 is 10.1 Å². The van der Waals surface area contributed by atoms with Crippen LogP contribution in [0, 0.1) is 0 Å². The molecule has 1 aliphatic heterocycles. The Bertz CT molecular complexity index is 720. The molecule has 0 spiro atoms. The number of nitrogens with one attached hydrogen (secondary N) is 1. The Morgan fingerprint density at radius 3 is 2.81 bits per heavy atom. The first-order valence-corrected chi connectivity index (χ1v) is 8.96. The van der Waals surface area contributed by atoms with Crippen LogP contribution in [0.5, 0.6) is 5.75 Å². The Labute approximate surface area is 154 Å². The standard InChI is InChI=1S/C21H26N2O3/c1-16(18-9-6-10-20(11-18)25-2)22-12-19-14-26-15-21(24)23(19)13-17-7-4-3-5-8-17/h3-11,16,19,22H,12-15H2,1-2H3. The van der Waals surface area contributed by atoms with Gasteiger partial charge in [0, 0.05) is 19.1 Å². The van der Waals surface area contributed by atoms with Gasteiger partial charge in [-0.25, -0.2) is 0 Å². The van der Waals surface area contributed by atoms with Crippen molar-refractivity contribution < 1.29 is 14.3 Å².